The minimum atomic E-state index is -0.592. The Hall–Kier alpha value is -2.82. The summed E-state index contributed by atoms with van der Waals surface area (Å²) in [6.45, 7) is 1.99. The Labute approximate surface area is 141 Å². The summed E-state index contributed by atoms with van der Waals surface area (Å²) in [5, 5.41) is 6.73. The highest BCUT2D eigenvalue weighted by Crippen LogP contribution is 2.29. The van der Waals surface area contributed by atoms with E-state index in [1.165, 1.54) is 5.56 Å². The second-order valence-corrected chi connectivity index (χ2v) is 5.74. The number of amides is 1. The molecule has 0 aliphatic heterocycles. The Balaban J connectivity index is 1.75. The Bertz CT molecular complexity index is 770. The Morgan fingerprint density at radius 1 is 1.17 bits per heavy atom. The van der Waals surface area contributed by atoms with Crippen LogP contribution >= 0.6 is 0 Å². The van der Waals surface area contributed by atoms with Crippen molar-refractivity contribution in [2.24, 2.45) is 5.16 Å². The molecular formula is C19H20N2O3. The molecule has 24 heavy (non-hydrogen) atoms. The predicted octanol–water partition coefficient (Wildman–Crippen LogP) is 4.29. The van der Waals surface area contributed by atoms with Crippen LogP contribution in [0.4, 0.5) is 10.5 Å². The molecule has 0 bridgehead atoms. The lowest BCUT2D eigenvalue weighted by atomic mass is 9.88. The van der Waals surface area contributed by atoms with Crippen LogP contribution in [0.1, 0.15) is 29.5 Å². The number of nitrogens with zero attached hydrogens (tertiary/aromatic N) is 1. The number of ether oxygens (including phenoxy) is 1. The van der Waals surface area contributed by atoms with Crippen LogP contribution in [0, 0.1) is 6.92 Å². The van der Waals surface area contributed by atoms with Crippen molar-refractivity contribution in [3.05, 3.63) is 59.2 Å². The van der Waals surface area contributed by atoms with Gasteiger partial charge in [-0.1, -0.05) is 23.4 Å². The van der Waals surface area contributed by atoms with E-state index in [1.807, 2.05) is 37.3 Å². The third kappa shape index (κ3) is 3.56. The number of nitrogens with one attached hydrogen (secondary N) is 1. The zero-order valence-corrected chi connectivity index (χ0v) is 13.8. The predicted molar refractivity (Wildman–Crippen MR) is 93.8 cm³/mol. The normalized spacial score (nSPS) is 14.8. The number of hydrogen-bond acceptors (Lipinski definition) is 4. The number of anilines is 1. The molecule has 0 unspecified atom stereocenters. The van der Waals surface area contributed by atoms with Gasteiger partial charge in [0.1, 0.15) is 5.75 Å². The molecule has 0 radical (unpaired) electrons. The van der Waals surface area contributed by atoms with Crippen molar-refractivity contribution in [3.63, 3.8) is 0 Å². The number of para-hydroxylation sites is 1. The maximum atomic E-state index is 11.9. The van der Waals surface area contributed by atoms with Gasteiger partial charge in [-0.15, -0.1) is 0 Å². The standard InChI is InChI=1S/C19H20N2O3/c1-13-11-16-14(12-18(13)23-2)7-6-10-17(16)21-24-19(22)20-15-8-4-3-5-9-15/h3-5,8-9,11-12H,6-7,10H2,1-2H3,(H,20,22)/b21-17+. The summed E-state index contributed by atoms with van der Waals surface area (Å²) in [5.41, 5.74) is 4.72. The van der Waals surface area contributed by atoms with Crippen molar-refractivity contribution in [2.45, 2.75) is 26.2 Å². The molecule has 1 aliphatic carbocycles. The maximum Gasteiger partial charge on any atom is 0.437 e. The van der Waals surface area contributed by atoms with E-state index in [1.54, 1.807) is 19.2 Å². The lowest BCUT2D eigenvalue weighted by Gasteiger charge is -2.19. The number of oxime groups is 1. The fourth-order valence-corrected chi connectivity index (χ4v) is 2.86. The van der Waals surface area contributed by atoms with Crippen molar-refractivity contribution in [2.75, 3.05) is 12.4 Å². The van der Waals surface area contributed by atoms with Crippen LogP contribution in [-0.2, 0) is 11.3 Å². The summed E-state index contributed by atoms with van der Waals surface area (Å²) >= 11 is 0. The topological polar surface area (TPSA) is 59.9 Å². The molecule has 0 aromatic heterocycles. The quantitative estimate of drug-likeness (QED) is 0.676. The molecule has 0 heterocycles. The van der Waals surface area contributed by atoms with Crippen molar-refractivity contribution in [1.29, 1.82) is 0 Å². The first-order valence-corrected chi connectivity index (χ1v) is 7.95. The lowest BCUT2D eigenvalue weighted by molar-refractivity contribution is 0.166. The zero-order chi connectivity index (χ0) is 16.9. The van der Waals surface area contributed by atoms with Gasteiger partial charge in [0.15, 0.2) is 0 Å². The van der Waals surface area contributed by atoms with Crippen LogP contribution in [-0.4, -0.2) is 18.9 Å². The van der Waals surface area contributed by atoms with Crippen LogP contribution in [0.25, 0.3) is 0 Å². The zero-order valence-electron chi connectivity index (χ0n) is 13.8. The van der Waals surface area contributed by atoms with E-state index in [4.69, 9.17) is 9.57 Å². The maximum absolute atomic E-state index is 11.9. The second-order valence-electron chi connectivity index (χ2n) is 5.74. The average molecular weight is 324 g/mol. The molecule has 1 amide bonds. The van der Waals surface area contributed by atoms with E-state index in [0.717, 1.165) is 41.9 Å². The van der Waals surface area contributed by atoms with E-state index >= 15 is 0 Å². The molecule has 0 atom stereocenters. The van der Waals surface area contributed by atoms with Gasteiger partial charge >= 0.3 is 6.09 Å². The lowest BCUT2D eigenvalue weighted by Crippen LogP contribution is -2.16. The summed E-state index contributed by atoms with van der Waals surface area (Å²) < 4.78 is 5.38. The molecule has 2 aromatic carbocycles. The van der Waals surface area contributed by atoms with Gasteiger partial charge in [0.25, 0.3) is 0 Å². The van der Waals surface area contributed by atoms with Gasteiger partial charge in [0.05, 0.1) is 12.8 Å². The van der Waals surface area contributed by atoms with Gasteiger partial charge in [-0.2, -0.15) is 0 Å². The Morgan fingerprint density at radius 2 is 1.96 bits per heavy atom. The first kappa shape index (κ1) is 16.1. The van der Waals surface area contributed by atoms with Gasteiger partial charge < -0.3 is 4.74 Å². The minimum absolute atomic E-state index is 0.592. The van der Waals surface area contributed by atoms with Gasteiger partial charge in [0.2, 0.25) is 0 Å². The third-order valence-corrected chi connectivity index (χ3v) is 4.05. The molecule has 0 fully saturated rings. The monoisotopic (exact) mass is 324 g/mol. The SMILES string of the molecule is COc1cc2c(cc1C)/C(=N/OC(=O)Nc1ccccc1)CCC2. The van der Waals surface area contributed by atoms with Crippen LogP contribution in [0.2, 0.25) is 0 Å². The van der Waals surface area contributed by atoms with E-state index in [0.29, 0.717) is 5.69 Å². The van der Waals surface area contributed by atoms with E-state index in [2.05, 4.69) is 10.5 Å². The van der Waals surface area contributed by atoms with Crippen LogP contribution in [0.15, 0.2) is 47.6 Å². The van der Waals surface area contributed by atoms with Gasteiger partial charge in [-0.05, 0) is 61.6 Å². The number of hydrogen-bond donors (Lipinski definition) is 1. The molecule has 124 valence electrons. The number of carbonyl (C=O) groups excluding carboxylic acids is 1. The molecular weight excluding hydrogens is 304 g/mol. The minimum Gasteiger partial charge on any atom is -0.496 e. The Kier molecular flexibility index (Phi) is 4.79. The van der Waals surface area contributed by atoms with Gasteiger partial charge in [-0.25, -0.2) is 4.79 Å². The largest absolute Gasteiger partial charge is 0.496 e. The van der Waals surface area contributed by atoms with Crippen molar-refractivity contribution in [3.8, 4) is 5.75 Å². The van der Waals surface area contributed by atoms with Gasteiger partial charge in [-0.3, -0.25) is 10.2 Å². The smallest absolute Gasteiger partial charge is 0.437 e. The van der Waals surface area contributed by atoms with Crippen LogP contribution in [0.3, 0.4) is 0 Å². The molecule has 1 aliphatic rings. The van der Waals surface area contributed by atoms with E-state index in [9.17, 15) is 4.79 Å². The summed E-state index contributed by atoms with van der Waals surface area (Å²) in [5.74, 6) is 0.873. The average Bonchev–Trinajstić information content (AvgIpc) is 2.60. The van der Waals surface area contributed by atoms with Crippen LogP contribution in [0.5, 0.6) is 5.75 Å². The van der Waals surface area contributed by atoms with E-state index < -0.39 is 6.09 Å². The molecule has 2 aromatic rings. The summed E-state index contributed by atoms with van der Waals surface area (Å²) in [4.78, 5) is 16.9. The van der Waals surface area contributed by atoms with Gasteiger partial charge in [0, 0.05) is 11.3 Å². The number of benzene rings is 2. The third-order valence-electron chi connectivity index (χ3n) is 4.05. The summed E-state index contributed by atoms with van der Waals surface area (Å²) in [7, 11) is 1.67. The number of methoxy groups -OCH3 is 1. The molecule has 0 saturated heterocycles. The van der Waals surface area contributed by atoms with Crippen molar-refractivity contribution >= 4 is 17.5 Å². The number of fused-ring (bicyclic) bond motifs is 1. The van der Waals surface area contributed by atoms with Crippen LogP contribution < -0.4 is 10.1 Å². The molecule has 0 saturated carbocycles. The molecule has 0 spiro atoms. The molecule has 5 heteroatoms. The number of carbonyl (C=O) groups is 1. The molecule has 3 rings (SSSR count). The number of rotatable bonds is 3. The second kappa shape index (κ2) is 7.17. The summed E-state index contributed by atoms with van der Waals surface area (Å²) in [6.07, 6.45) is 2.14. The molecule has 5 nitrogen and oxygen atoms in total. The Morgan fingerprint density at radius 3 is 2.71 bits per heavy atom. The molecule has 1 N–H and O–H groups in total. The first-order valence-electron chi connectivity index (χ1n) is 7.95. The highest BCUT2D eigenvalue weighted by molar-refractivity contribution is 6.03. The van der Waals surface area contributed by atoms with Crippen molar-refractivity contribution < 1.29 is 14.4 Å². The fourth-order valence-electron chi connectivity index (χ4n) is 2.86. The highest BCUT2D eigenvalue weighted by Gasteiger charge is 2.19. The first-order chi connectivity index (χ1) is 11.7. The van der Waals surface area contributed by atoms with Crippen molar-refractivity contribution in [1.82, 2.24) is 0 Å². The number of aryl methyl sites for hydroxylation is 2. The van der Waals surface area contributed by atoms with E-state index in [-0.39, 0.29) is 0 Å². The fraction of sp³-hybridized carbons (Fsp3) is 0.263. The summed E-state index contributed by atoms with van der Waals surface area (Å²) in [6, 6.07) is 13.2. The highest BCUT2D eigenvalue weighted by atomic mass is 16.7.